The quantitative estimate of drug-likeness (QED) is 0.583. The highest BCUT2D eigenvalue weighted by molar-refractivity contribution is 5.76. The number of carbonyl (C=O) groups excluding carboxylic acids is 1. The van der Waals surface area contributed by atoms with Gasteiger partial charge in [0.05, 0.1) is 6.04 Å². The van der Waals surface area contributed by atoms with Crippen molar-refractivity contribution in [3.63, 3.8) is 0 Å². The first-order chi connectivity index (χ1) is 13.9. The van der Waals surface area contributed by atoms with Crippen molar-refractivity contribution in [3.8, 4) is 11.5 Å². The van der Waals surface area contributed by atoms with Gasteiger partial charge in [0.2, 0.25) is 17.7 Å². The van der Waals surface area contributed by atoms with Gasteiger partial charge in [-0.2, -0.15) is 0 Å². The monoisotopic (exact) mass is 391 g/mol. The smallest absolute Gasteiger partial charge is 0.247 e. The Balaban J connectivity index is 1.50. The van der Waals surface area contributed by atoms with Gasteiger partial charge < -0.3 is 9.73 Å². The summed E-state index contributed by atoms with van der Waals surface area (Å²) in [6, 6.07) is 16.3. The minimum atomic E-state index is -0.0404. The van der Waals surface area contributed by atoms with E-state index in [4.69, 9.17) is 4.42 Å². The summed E-state index contributed by atoms with van der Waals surface area (Å²) in [6.07, 6.45) is 1.80. The van der Waals surface area contributed by atoms with E-state index < -0.39 is 0 Å². The number of carbonyl (C=O) groups is 1. The second kappa shape index (κ2) is 9.50. The van der Waals surface area contributed by atoms with E-state index >= 15 is 0 Å². The van der Waals surface area contributed by atoms with E-state index in [-0.39, 0.29) is 11.9 Å². The molecule has 0 saturated heterocycles. The van der Waals surface area contributed by atoms with E-state index in [0.29, 0.717) is 30.5 Å². The van der Waals surface area contributed by atoms with E-state index in [1.807, 2.05) is 38.1 Å². The van der Waals surface area contributed by atoms with Gasteiger partial charge in [0.25, 0.3) is 0 Å². The molecule has 1 amide bonds. The Kier molecular flexibility index (Phi) is 6.81. The number of amides is 1. The predicted octanol–water partition coefficient (Wildman–Crippen LogP) is 5.05. The van der Waals surface area contributed by atoms with Crippen molar-refractivity contribution in [2.75, 3.05) is 0 Å². The van der Waals surface area contributed by atoms with E-state index in [2.05, 4.69) is 53.6 Å². The van der Waals surface area contributed by atoms with E-state index in [1.54, 1.807) is 0 Å². The zero-order chi connectivity index (χ0) is 20.8. The van der Waals surface area contributed by atoms with Gasteiger partial charge in [0.15, 0.2) is 0 Å². The van der Waals surface area contributed by atoms with Crippen LogP contribution in [0.25, 0.3) is 11.5 Å². The molecule has 0 aliphatic carbocycles. The summed E-state index contributed by atoms with van der Waals surface area (Å²) in [5.41, 5.74) is 4.48. The third-order valence-electron chi connectivity index (χ3n) is 4.83. The Morgan fingerprint density at radius 2 is 1.69 bits per heavy atom. The lowest BCUT2D eigenvalue weighted by molar-refractivity contribution is -0.121. The number of hydrogen-bond donors (Lipinski definition) is 1. The van der Waals surface area contributed by atoms with Crippen molar-refractivity contribution in [1.82, 2.24) is 15.5 Å². The first kappa shape index (κ1) is 20.8. The molecule has 1 heterocycles. The SMILES string of the molecule is Cc1ccc(-c2nnc(CCC(=O)NC(C)c3ccc(CC(C)C)cc3)o2)cc1. The Bertz CT molecular complexity index is 928. The molecule has 29 heavy (non-hydrogen) atoms. The van der Waals surface area contributed by atoms with Crippen LogP contribution < -0.4 is 5.32 Å². The van der Waals surface area contributed by atoms with Gasteiger partial charge in [0, 0.05) is 18.4 Å². The van der Waals surface area contributed by atoms with Gasteiger partial charge in [-0.05, 0) is 49.4 Å². The van der Waals surface area contributed by atoms with Crippen LogP contribution in [-0.4, -0.2) is 16.1 Å². The Morgan fingerprint density at radius 1 is 1.00 bits per heavy atom. The third kappa shape index (κ3) is 6.01. The van der Waals surface area contributed by atoms with Crippen molar-refractivity contribution >= 4 is 5.91 Å². The minimum Gasteiger partial charge on any atom is -0.421 e. The molecule has 1 N–H and O–H groups in total. The molecule has 1 aromatic heterocycles. The molecule has 0 aliphatic rings. The molecule has 152 valence electrons. The molecule has 1 unspecified atom stereocenters. The van der Waals surface area contributed by atoms with Gasteiger partial charge in [-0.15, -0.1) is 10.2 Å². The van der Waals surface area contributed by atoms with Crippen molar-refractivity contribution in [2.24, 2.45) is 5.92 Å². The minimum absolute atomic E-state index is 0.0288. The topological polar surface area (TPSA) is 68.0 Å². The molecule has 0 fully saturated rings. The highest BCUT2D eigenvalue weighted by Crippen LogP contribution is 2.19. The van der Waals surface area contributed by atoms with Crippen LogP contribution in [-0.2, 0) is 17.6 Å². The second-order valence-electron chi connectivity index (χ2n) is 8.00. The predicted molar refractivity (Wildman–Crippen MR) is 114 cm³/mol. The fraction of sp³-hybridized carbons (Fsp3) is 0.375. The van der Waals surface area contributed by atoms with Gasteiger partial charge in [-0.3, -0.25) is 4.79 Å². The number of rotatable bonds is 8. The first-order valence-electron chi connectivity index (χ1n) is 10.2. The normalized spacial score (nSPS) is 12.2. The maximum absolute atomic E-state index is 12.3. The van der Waals surface area contributed by atoms with Crippen LogP contribution in [0.2, 0.25) is 0 Å². The maximum Gasteiger partial charge on any atom is 0.247 e. The number of aryl methyl sites for hydroxylation is 2. The fourth-order valence-electron chi connectivity index (χ4n) is 3.20. The first-order valence-corrected chi connectivity index (χ1v) is 10.2. The van der Waals surface area contributed by atoms with Gasteiger partial charge in [-0.1, -0.05) is 55.8 Å². The van der Waals surface area contributed by atoms with Crippen LogP contribution in [0.15, 0.2) is 52.9 Å². The summed E-state index contributed by atoms with van der Waals surface area (Å²) in [5, 5.41) is 11.2. The number of benzene rings is 2. The highest BCUT2D eigenvalue weighted by atomic mass is 16.4. The van der Waals surface area contributed by atoms with Gasteiger partial charge in [0.1, 0.15) is 0 Å². The van der Waals surface area contributed by atoms with Crippen LogP contribution in [0, 0.1) is 12.8 Å². The Hall–Kier alpha value is -2.95. The van der Waals surface area contributed by atoms with E-state index in [9.17, 15) is 4.79 Å². The molecule has 0 aliphatic heterocycles. The molecular weight excluding hydrogens is 362 g/mol. The van der Waals surface area contributed by atoms with E-state index in [1.165, 1.54) is 11.1 Å². The van der Waals surface area contributed by atoms with Crippen LogP contribution >= 0.6 is 0 Å². The zero-order valence-electron chi connectivity index (χ0n) is 17.6. The number of hydrogen-bond acceptors (Lipinski definition) is 4. The average molecular weight is 392 g/mol. The maximum atomic E-state index is 12.3. The molecule has 0 spiro atoms. The van der Waals surface area contributed by atoms with Crippen LogP contribution in [0.4, 0.5) is 0 Å². The molecule has 5 nitrogen and oxygen atoms in total. The van der Waals surface area contributed by atoms with Crippen molar-refractivity contribution in [1.29, 1.82) is 0 Å². The van der Waals surface area contributed by atoms with Crippen LogP contribution in [0.3, 0.4) is 0 Å². The zero-order valence-corrected chi connectivity index (χ0v) is 17.6. The van der Waals surface area contributed by atoms with Gasteiger partial charge >= 0.3 is 0 Å². The third-order valence-corrected chi connectivity index (χ3v) is 4.83. The average Bonchev–Trinajstić information content (AvgIpc) is 3.16. The standard InChI is InChI=1S/C24H29N3O2/c1-16(2)15-19-7-11-20(12-8-19)18(4)25-22(28)13-14-23-26-27-24(29-23)21-9-5-17(3)6-10-21/h5-12,16,18H,13-15H2,1-4H3,(H,25,28). The van der Waals surface area contributed by atoms with Crippen LogP contribution in [0.1, 0.15) is 55.8 Å². The highest BCUT2D eigenvalue weighted by Gasteiger charge is 2.13. The molecule has 3 aromatic rings. The molecule has 3 rings (SSSR count). The number of nitrogens with zero attached hydrogens (tertiary/aromatic N) is 2. The van der Waals surface area contributed by atoms with Gasteiger partial charge in [-0.25, -0.2) is 0 Å². The number of nitrogens with one attached hydrogen (secondary N) is 1. The van der Waals surface area contributed by atoms with Crippen molar-refractivity contribution < 1.29 is 9.21 Å². The van der Waals surface area contributed by atoms with Crippen molar-refractivity contribution in [2.45, 2.75) is 53.0 Å². The molecule has 0 saturated carbocycles. The lowest BCUT2D eigenvalue weighted by Gasteiger charge is -2.15. The Labute approximate surface area is 172 Å². The summed E-state index contributed by atoms with van der Waals surface area (Å²) in [6.45, 7) is 8.45. The molecule has 1 atom stereocenters. The second-order valence-corrected chi connectivity index (χ2v) is 8.00. The summed E-state index contributed by atoms with van der Waals surface area (Å²) in [4.78, 5) is 12.3. The van der Waals surface area contributed by atoms with Crippen LogP contribution in [0.5, 0.6) is 0 Å². The van der Waals surface area contributed by atoms with Crippen molar-refractivity contribution in [3.05, 3.63) is 71.1 Å². The molecule has 0 radical (unpaired) electrons. The summed E-state index contributed by atoms with van der Waals surface area (Å²) in [7, 11) is 0. The lowest BCUT2D eigenvalue weighted by atomic mass is 10.00. The summed E-state index contributed by atoms with van der Waals surface area (Å²) < 4.78 is 5.69. The molecular formula is C24H29N3O2. The molecule has 5 heteroatoms. The largest absolute Gasteiger partial charge is 0.421 e. The molecule has 2 aromatic carbocycles. The summed E-state index contributed by atoms with van der Waals surface area (Å²) in [5.74, 6) is 1.56. The van der Waals surface area contributed by atoms with E-state index in [0.717, 1.165) is 17.5 Å². The lowest BCUT2D eigenvalue weighted by Crippen LogP contribution is -2.26. The fourth-order valence-corrected chi connectivity index (χ4v) is 3.20. The Morgan fingerprint density at radius 3 is 2.34 bits per heavy atom. The molecule has 0 bridgehead atoms. The summed E-state index contributed by atoms with van der Waals surface area (Å²) >= 11 is 0. The number of aromatic nitrogens is 2.